The van der Waals surface area contributed by atoms with Gasteiger partial charge >= 0.3 is 5.97 Å². The Labute approximate surface area is 151 Å². The summed E-state index contributed by atoms with van der Waals surface area (Å²) in [5, 5.41) is 8.57. The Morgan fingerprint density at radius 1 is 0.731 bits per heavy atom. The van der Waals surface area contributed by atoms with Gasteiger partial charge in [-0.2, -0.15) is 0 Å². The number of rotatable bonds is 4. The highest BCUT2D eigenvalue weighted by Gasteiger charge is 2.06. The molecular formula is C21H17N3O2. The Kier molecular flexibility index (Phi) is 5.62. The molecule has 3 aromatic carbocycles. The van der Waals surface area contributed by atoms with Crippen molar-refractivity contribution < 1.29 is 9.53 Å². The molecule has 3 aromatic rings. The smallest absolute Gasteiger partial charge is 0.337 e. The molecule has 128 valence electrons. The molecule has 0 saturated carbocycles. The molecular weight excluding hydrogens is 326 g/mol. The molecule has 0 saturated heterocycles. The number of esters is 1. The van der Waals surface area contributed by atoms with Crippen molar-refractivity contribution >= 4 is 23.2 Å². The minimum Gasteiger partial charge on any atom is -0.465 e. The number of ether oxygens (including phenoxy) is 1. The molecule has 0 heterocycles. The first-order valence-corrected chi connectivity index (χ1v) is 8.05. The van der Waals surface area contributed by atoms with Crippen LogP contribution in [0.5, 0.6) is 0 Å². The third-order valence-corrected chi connectivity index (χ3v) is 3.57. The molecule has 0 unspecified atom stereocenters. The maximum absolute atomic E-state index is 11.5. The van der Waals surface area contributed by atoms with Crippen molar-refractivity contribution in [2.24, 2.45) is 15.2 Å². The lowest BCUT2D eigenvalue weighted by Crippen LogP contribution is -2.00. The van der Waals surface area contributed by atoms with E-state index in [-0.39, 0.29) is 5.97 Å². The molecule has 0 aliphatic heterocycles. The molecule has 0 N–H and O–H groups in total. The summed E-state index contributed by atoms with van der Waals surface area (Å²) in [6.07, 6.45) is 0. The van der Waals surface area contributed by atoms with Crippen LogP contribution in [-0.2, 0) is 4.74 Å². The minimum absolute atomic E-state index is 0.382. The summed E-state index contributed by atoms with van der Waals surface area (Å²) in [7, 11) is 1.35. The predicted octanol–water partition coefficient (Wildman–Crippen LogP) is 5.34. The predicted molar refractivity (Wildman–Crippen MR) is 101 cm³/mol. The van der Waals surface area contributed by atoms with Gasteiger partial charge < -0.3 is 4.74 Å². The van der Waals surface area contributed by atoms with Gasteiger partial charge in [-0.25, -0.2) is 9.79 Å². The number of amidine groups is 1. The van der Waals surface area contributed by atoms with Gasteiger partial charge in [0.05, 0.1) is 24.0 Å². The van der Waals surface area contributed by atoms with E-state index in [1.165, 1.54) is 7.11 Å². The zero-order valence-corrected chi connectivity index (χ0v) is 14.2. The monoisotopic (exact) mass is 343 g/mol. The standard InChI is InChI=1S/C21H17N3O2/c1-26-21(25)17-12-14-18(15-13-17)22-20(16-8-4-2-5-9-16)24-23-19-10-6-3-7-11-19/h2-15H,1H3. The average molecular weight is 343 g/mol. The Hall–Kier alpha value is -3.60. The normalized spacial score (nSPS) is 11.5. The van der Waals surface area contributed by atoms with E-state index in [9.17, 15) is 4.79 Å². The molecule has 0 aromatic heterocycles. The van der Waals surface area contributed by atoms with Gasteiger partial charge in [-0.3, -0.25) is 0 Å². The van der Waals surface area contributed by atoms with Crippen molar-refractivity contribution in [2.45, 2.75) is 0 Å². The van der Waals surface area contributed by atoms with Crippen LogP contribution >= 0.6 is 0 Å². The van der Waals surface area contributed by atoms with E-state index in [1.54, 1.807) is 24.3 Å². The number of nitrogens with zero attached hydrogens (tertiary/aromatic N) is 3. The summed E-state index contributed by atoms with van der Waals surface area (Å²) < 4.78 is 4.71. The summed E-state index contributed by atoms with van der Waals surface area (Å²) >= 11 is 0. The van der Waals surface area contributed by atoms with Crippen molar-refractivity contribution in [1.82, 2.24) is 0 Å². The van der Waals surface area contributed by atoms with E-state index in [0.29, 0.717) is 17.1 Å². The van der Waals surface area contributed by atoms with Gasteiger partial charge in [-0.1, -0.05) is 48.5 Å². The number of aliphatic imine (C=N–C) groups is 1. The van der Waals surface area contributed by atoms with Gasteiger partial charge in [0.1, 0.15) is 0 Å². The lowest BCUT2D eigenvalue weighted by atomic mass is 10.2. The van der Waals surface area contributed by atoms with Crippen LogP contribution in [0.1, 0.15) is 15.9 Å². The van der Waals surface area contributed by atoms with Gasteiger partial charge in [0.15, 0.2) is 5.84 Å². The van der Waals surface area contributed by atoms with Crippen molar-refractivity contribution in [3.05, 3.63) is 96.1 Å². The molecule has 0 atom stereocenters. The largest absolute Gasteiger partial charge is 0.465 e. The zero-order valence-electron chi connectivity index (χ0n) is 14.2. The number of benzene rings is 3. The third-order valence-electron chi connectivity index (χ3n) is 3.57. The summed E-state index contributed by atoms with van der Waals surface area (Å²) in [6, 6.07) is 25.9. The van der Waals surface area contributed by atoms with E-state index >= 15 is 0 Å². The second kappa shape index (κ2) is 8.48. The Morgan fingerprint density at radius 2 is 1.35 bits per heavy atom. The van der Waals surface area contributed by atoms with Crippen LogP contribution in [0.3, 0.4) is 0 Å². The molecule has 0 amide bonds. The van der Waals surface area contributed by atoms with Crippen LogP contribution in [0.25, 0.3) is 0 Å². The molecule has 0 fully saturated rings. The highest BCUT2D eigenvalue weighted by atomic mass is 16.5. The lowest BCUT2D eigenvalue weighted by Gasteiger charge is -2.02. The number of carbonyl (C=O) groups is 1. The highest BCUT2D eigenvalue weighted by molar-refractivity contribution is 6.00. The Morgan fingerprint density at radius 3 is 1.96 bits per heavy atom. The van der Waals surface area contributed by atoms with E-state index in [0.717, 1.165) is 11.3 Å². The van der Waals surface area contributed by atoms with Crippen LogP contribution in [0.2, 0.25) is 0 Å². The first-order chi connectivity index (χ1) is 12.8. The van der Waals surface area contributed by atoms with E-state index < -0.39 is 0 Å². The van der Waals surface area contributed by atoms with E-state index in [2.05, 4.69) is 15.2 Å². The van der Waals surface area contributed by atoms with Gasteiger partial charge in [0.2, 0.25) is 0 Å². The third kappa shape index (κ3) is 4.48. The fraction of sp³-hybridized carbons (Fsp3) is 0.0476. The average Bonchev–Trinajstić information content (AvgIpc) is 2.72. The lowest BCUT2D eigenvalue weighted by molar-refractivity contribution is 0.0601. The van der Waals surface area contributed by atoms with E-state index in [1.807, 2.05) is 60.7 Å². The van der Waals surface area contributed by atoms with Crippen molar-refractivity contribution in [3.63, 3.8) is 0 Å². The Bertz CT molecular complexity index is 918. The molecule has 0 bridgehead atoms. The molecule has 0 spiro atoms. The summed E-state index contributed by atoms with van der Waals surface area (Å²) in [4.78, 5) is 16.1. The topological polar surface area (TPSA) is 63.4 Å². The molecule has 0 aliphatic rings. The molecule has 0 aliphatic carbocycles. The molecule has 5 heteroatoms. The van der Waals surface area contributed by atoms with Gasteiger partial charge in [-0.05, 0) is 36.4 Å². The van der Waals surface area contributed by atoms with E-state index in [4.69, 9.17) is 4.74 Å². The summed E-state index contributed by atoms with van der Waals surface area (Å²) in [6.45, 7) is 0. The quantitative estimate of drug-likeness (QED) is 0.278. The van der Waals surface area contributed by atoms with Gasteiger partial charge in [0, 0.05) is 5.56 Å². The fourth-order valence-electron chi connectivity index (χ4n) is 2.24. The van der Waals surface area contributed by atoms with Crippen LogP contribution in [0.4, 0.5) is 11.4 Å². The first kappa shape index (κ1) is 17.2. The Balaban J connectivity index is 1.94. The summed E-state index contributed by atoms with van der Waals surface area (Å²) in [5.74, 6) is 0.104. The molecule has 3 rings (SSSR count). The number of azo groups is 1. The van der Waals surface area contributed by atoms with Gasteiger partial charge in [-0.15, -0.1) is 10.2 Å². The highest BCUT2D eigenvalue weighted by Crippen LogP contribution is 2.18. The summed E-state index contributed by atoms with van der Waals surface area (Å²) in [5.41, 5.74) is 2.74. The molecule has 0 radical (unpaired) electrons. The van der Waals surface area contributed by atoms with Gasteiger partial charge in [0.25, 0.3) is 0 Å². The van der Waals surface area contributed by atoms with Crippen molar-refractivity contribution in [2.75, 3.05) is 7.11 Å². The number of methoxy groups -OCH3 is 1. The molecule has 26 heavy (non-hydrogen) atoms. The maximum Gasteiger partial charge on any atom is 0.337 e. The number of carbonyl (C=O) groups excluding carboxylic acids is 1. The molecule has 5 nitrogen and oxygen atoms in total. The SMILES string of the molecule is COC(=O)c1ccc(N=C(N=Nc2ccccc2)c2ccccc2)cc1. The fourth-order valence-corrected chi connectivity index (χ4v) is 2.24. The van der Waals surface area contributed by atoms with Crippen LogP contribution in [0, 0.1) is 0 Å². The second-order valence-electron chi connectivity index (χ2n) is 5.38. The first-order valence-electron chi connectivity index (χ1n) is 8.05. The number of hydrogen-bond acceptors (Lipinski definition) is 4. The maximum atomic E-state index is 11.5. The van der Waals surface area contributed by atoms with Crippen molar-refractivity contribution in [3.8, 4) is 0 Å². The van der Waals surface area contributed by atoms with Crippen LogP contribution < -0.4 is 0 Å². The van der Waals surface area contributed by atoms with Crippen molar-refractivity contribution in [1.29, 1.82) is 0 Å². The number of hydrogen-bond donors (Lipinski definition) is 0. The zero-order chi connectivity index (χ0) is 18.2. The van der Waals surface area contributed by atoms with Crippen LogP contribution in [0.15, 0.2) is 100 Å². The second-order valence-corrected chi connectivity index (χ2v) is 5.38. The van der Waals surface area contributed by atoms with Crippen LogP contribution in [-0.4, -0.2) is 18.9 Å². The minimum atomic E-state index is -0.382.